The Morgan fingerprint density at radius 1 is 0.788 bits per heavy atom. The second-order valence-corrected chi connectivity index (χ2v) is 6.61. The minimum atomic E-state index is 0. The largest absolute Gasteiger partial charge is 0.619 e. The highest BCUT2D eigenvalue weighted by atomic mass is 35.5. The lowest BCUT2D eigenvalue weighted by atomic mass is 10.1. The van der Waals surface area contributed by atoms with Gasteiger partial charge in [0.05, 0.1) is 18.6 Å². The summed E-state index contributed by atoms with van der Waals surface area (Å²) in [5, 5.41) is 15.3. The van der Waals surface area contributed by atoms with Gasteiger partial charge in [-0.15, -0.1) is 12.4 Å². The lowest BCUT2D eigenvalue weighted by Gasteiger charge is -2.07. The summed E-state index contributed by atoms with van der Waals surface area (Å²) < 4.78 is 12.0. The van der Waals surface area contributed by atoms with Crippen molar-refractivity contribution >= 4 is 34.0 Å². The van der Waals surface area contributed by atoms with Gasteiger partial charge in [0.15, 0.2) is 12.4 Å². The highest BCUT2D eigenvalue weighted by Crippen LogP contribution is 2.25. The molecule has 4 rings (SSSR count). The molecule has 0 N–H and O–H groups in total. The summed E-state index contributed by atoms with van der Waals surface area (Å²) in [5.74, 6) is 1.71. The molecule has 0 radical (unpaired) electrons. The summed E-state index contributed by atoms with van der Waals surface area (Å²) in [7, 11) is 0. The molecule has 0 saturated carbocycles. The maximum Gasteiger partial charge on any atom is 0.191 e. The Morgan fingerprint density at radius 2 is 1.33 bits per heavy atom. The molecule has 2 aromatic carbocycles. The number of hydrogen-bond acceptors (Lipinski definition) is 4. The van der Waals surface area contributed by atoms with Crippen molar-refractivity contribution in [2.45, 2.75) is 49.0 Å². The average molecular weight is 475 g/mol. The number of pyridine rings is 2. The third kappa shape index (κ3) is 8.78. The number of nitrogens with zero attached hydrogens (tertiary/aromatic N) is 2. The van der Waals surface area contributed by atoms with Crippen molar-refractivity contribution < 1.29 is 14.2 Å². The van der Waals surface area contributed by atoms with Crippen LogP contribution in [0.5, 0.6) is 11.5 Å². The summed E-state index contributed by atoms with van der Waals surface area (Å²) in [6, 6.07) is 15.6. The molecule has 2 heterocycles. The molecule has 182 valence electrons. The molecule has 0 unspecified atom stereocenters. The summed E-state index contributed by atoms with van der Waals surface area (Å²) in [4.78, 5) is 4.10. The normalized spacial score (nSPS) is 9.15. The smallest absolute Gasteiger partial charge is 0.191 e. The fourth-order valence-electron chi connectivity index (χ4n) is 2.93. The van der Waals surface area contributed by atoms with Gasteiger partial charge in [0, 0.05) is 23.8 Å². The molecule has 4 aromatic rings. The first-order valence-electron chi connectivity index (χ1n) is 9.92. The quantitative estimate of drug-likeness (QED) is 0.213. The molecule has 2 aromatic heterocycles. The zero-order chi connectivity index (χ0) is 20.5. The number of fused-ring (bicyclic) bond motifs is 2. The van der Waals surface area contributed by atoms with Crippen LogP contribution in [0.25, 0.3) is 21.5 Å². The van der Waals surface area contributed by atoms with Crippen molar-refractivity contribution in [2.24, 2.45) is 0 Å². The third-order valence-electron chi connectivity index (χ3n) is 4.32. The molecule has 0 atom stereocenters. The van der Waals surface area contributed by atoms with Gasteiger partial charge in [-0.1, -0.05) is 60.4 Å². The van der Waals surface area contributed by atoms with Crippen LogP contribution < -0.4 is 14.2 Å². The first-order chi connectivity index (χ1) is 14.2. The minimum Gasteiger partial charge on any atom is -0.619 e. The average Bonchev–Trinajstić information content (AvgIpc) is 2.76. The highest BCUT2D eigenvalue weighted by Gasteiger charge is 2.04. The van der Waals surface area contributed by atoms with Crippen molar-refractivity contribution in [2.75, 3.05) is 13.2 Å². The maximum atomic E-state index is 11.2. The van der Waals surface area contributed by atoms with Gasteiger partial charge in [-0.05, 0) is 41.8 Å². The van der Waals surface area contributed by atoms with E-state index in [4.69, 9.17) is 9.47 Å². The lowest BCUT2D eigenvalue weighted by Crippen LogP contribution is -2.23. The van der Waals surface area contributed by atoms with Gasteiger partial charge in [-0.25, -0.2) is 0 Å². The third-order valence-corrected chi connectivity index (χ3v) is 4.32. The van der Waals surface area contributed by atoms with Crippen LogP contribution in [-0.2, 0) is 0 Å². The molecule has 5 nitrogen and oxygen atoms in total. The standard InChI is InChI=1S/C12H13NO2.C12H13NO.3CH4.ClH/c1-2-8-15-12-5-3-4-10-6-7-13(14)9-11(10)12;1-2-8-14-12-5-3-4-10-6-7-13-9-11(10)12;;;;/h3-7,9H,2,8H2,1H3;3-7,9H,2,8H2,1H3;3*1H4;1H. The predicted molar refractivity (Wildman–Crippen MR) is 144 cm³/mol. The summed E-state index contributed by atoms with van der Waals surface area (Å²) in [6.07, 6.45) is 8.66. The first-order valence-corrected chi connectivity index (χ1v) is 9.92. The molecular weight excluding hydrogens is 436 g/mol. The molecule has 0 aliphatic carbocycles. The molecule has 6 heteroatoms. The molecule has 0 saturated heterocycles. The van der Waals surface area contributed by atoms with Gasteiger partial charge in [0.1, 0.15) is 11.5 Å². The van der Waals surface area contributed by atoms with Crippen molar-refractivity contribution in [3.8, 4) is 11.5 Å². The topological polar surface area (TPSA) is 58.3 Å². The van der Waals surface area contributed by atoms with Crippen molar-refractivity contribution in [1.29, 1.82) is 0 Å². The molecule has 0 spiro atoms. The number of halogens is 1. The van der Waals surface area contributed by atoms with Crippen LogP contribution in [0.2, 0.25) is 0 Å². The van der Waals surface area contributed by atoms with Crippen LogP contribution in [-0.4, -0.2) is 18.2 Å². The summed E-state index contributed by atoms with van der Waals surface area (Å²) in [5.41, 5.74) is 0. The van der Waals surface area contributed by atoms with E-state index in [0.717, 1.165) is 51.8 Å². The van der Waals surface area contributed by atoms with Gasteiger partial charge >= 0.3 is 0 Å². The van der Waals surface area contributed by atoms with Crippen LogP contribution in [0.1, 0.15) is 49.0 Å². The van der Waals surface area contributed by atoms with Crippen molar-refractivity contribution in [3.05, 3.63) is 78.5 Å². The van der Waals surface area contributed by atoms with Crippen molar-refractivity contribution in [3.63, 3.8) is 0 Å². The zero-order valence-corrected chi connectivity index (χ0v) is 18.1. The van der Waals surface area contributed by atoms with E-state index in [0.29, 0.717) is 6.61 Å². The maximum absolute atomic E-state index is 11.2. The predicted octanol–water partition coefficient (Wildman–Crippen LogP) is 7.62. The van der Waals surface area contributed by atoms with Crippen LogP contribution in [0.15, 0.2) is 73.3 Å². The van der Waals surface area contributed by atoms with Crippen LogP contribution >= 0.6 is 12.4 Å². The second-order valence-electron chi connectivity index (χ2n) is 6.61. The Bertz CT molecular complexity index is 1070. The van der Waals surface area contributed by atoms with E-state index in [1.54, 1.807) is 18.5 Å². The van der Waals surface area contributed by atoms with Gasteiger partial charge in [0.25, 0.3) is 0 Å². The second kappa shape index (κ2) is 16.6. The number of aromatic nitrogens is 2. The number of ether oxygens (including phenoxy) is 2. The van der Waals surface area contributed by atoms with Gasteiger partial charge in [-0.2, -0.15) is 4.73 Å². The molecule has 0 amide bonds. The molecule has 0 aliphatic heterocycles. The summed E-state index contributed by atoms with van der Waals surface area (Å²) >= 11 is 0. The Morgan fingerprint density at radius 3 is 1.91 bits per heavy atom. The molecular formula is C27H39ClN2O3. The zero-order valence-electron chi connectivity index (χ0n) is 17.3. The van der Waals surface area contributed by atoms with E-state index in [9.17, 15) is 5.21 Å². The molecule has 0 bridgehead atoms. The Kier molecular flexibility index (Phi) is 16.1. The number of benzene rings is 2. The van der Waals surface area contributed by atoms with E-state index < -0.39 is 0 Å². The van der Waals surface area contributed by atoms with E-state index in [1.165, 1.54) is 11.6 Å². The molecule has 0 fully saturated rings. The highest BCUT2D eigenvalue weighted by molar-refractivity contribution is 5.87. The Balaban J connectivity index is 0. The van der Waals surface area contributed by atoms with E-state index >= 15 is 0 Å². The van der Waals surface area contributed by atoms with Gasteiger partial charge in [-0.3, -0.25) is 4.98 Å². The Hall–Kier alpha value is -3.05. The van der Waals surface area contributed by atoms with Crippen molar-refractivity contribution in [1.82, 2.24) is 4.98 Å². The number of rotatable bonds is 6. The summed E-state index contributed by atoms with van der Waals surface area (Å²) in [6.45, 7) is 5.59. The van der Waals surface area contributed by atoms with Crippen LogP contribution in [0.4, 0.5) is 0 Å². The fourth-order valence-corrected chi connectivity index (χ4v) is 2.93. The number of hydrogen-bond donors (Lipinski definition) is 0. The SMILES string of the molecule is C.C.C.CCCOc1cccc2cc[n+]([O-])cc12.CCCOc1cccc2ccncc12.Cl. The minimum absolute atomic E-state index is 0. The van der Waals surface area contributed by atoms with Crippen LogP contribution in [0.3, 0.4) is 0 Å². The Labute approximate surface area is 205 Å². The van der Waals surface area contributed by atoms with Crippen LogP contribution in [0, 0.1) is 5.21 Å². The monoisotopic (exact) mass is 474 g/mol. The lowest BCUT2D eigenvalue weighted by molar-refractivity contribution is -0.603. The molecule has 0 aliphatic rings. The molecule has 33 heavy (non-hydrogen) atoms. The van der Waals surface area contributed by atoms with E-state index in [2.05, 4.69) is 24.9 Å². The van der Waals surface area contributed by atoms with Gasteiger partial charge in [0.2, 0.25) is 0 Å². The van der Waals surface area contributed by atoms with E-state index in [-0.39, 0.29) is 34.7 Å². The van der Waals surface area contributed by atoms with Gasteiger partial charge < -0.3 is 14.7 Å². The fraction of sp³-hybridized carbons (Fsp3) is 0.333. The first kappa shape index (κ1) is 32.1. The van der Waals surface area contributed by atoms with E-state index in [1.807, 2.05) is 42.6 Å².